The lowest BCUT2D eigenvalue weighted by molar-refractivity contribution is -0.140. The molecule has 0 bridgehead atoms. The van der Waals surface area contributed by atoms with Crippen LogP contribution in [0.4, 0.5) is 5.69 Å². The molecule has 0 aliphatic carbocycles. The van der Waals surface area contributed by atoms with Crippen molar-refractivity contribution in [2.24, 2.45) is 5.92 Å². The summed E-state index contributed by atoms with van der Waals surface area (Å²) in [5.41, 5.74) is 3.98. The Hall–Kier alpha value is -3.95. The molecule has 0 saturated carbocycles. The molecule has 0 saturated heterocycles. The molecule has 1 N–H and O–H groups in total. The molecule has 2 amide bonds. The van der Waals surface area contributed by atoms with Gasteiger partial charge in [-0.2, -0.15) is 0 Å². The first-order chi connectivity index (χ1) is 21.5. The van der Waals surface area contributed by atoms with Crippen LogP contribution in [-0.2, 0) is 32.6 Å². The number of amides is 2. The van der Waals surface area contributed by atoms with Crippen LogP contribution in [0.3, 0.4) is 0 Å². The lowest BCUT2D eigenvalue weighted by Crippen LogP contribution is -2.53. The van der Waals surface area contributed by atoms with E-state index in [2.05, 4.69) is 21.2 Å². The standard InChI is InChI=1S/C36H40BrN3O4S/c1-26(2)23-38-36(42)34(22-29-11-7-5-8-12-29)39(24-30-16-18-31(37)19-17-30)35(41)25-40(32-20-15-27(3)28(4)21-32)45(43,44)33-13-9-6-10-14-33/h5-21,26,34H,22-25H2,1-4H3,(H,38,42). The van der Waals surface area contributed by atoms with Gasteiger partial charge < -0.3 is 10.2 Å². The second kappa shape index (κ2) is 15.4. The van der Waals surface area contributed by atoms with Crippen molar-refractivity contribution < 1.29 is 18.0 Å². The Labute approximate surface area is 275 Å². The average Bonchev–Trinajstić information content (AvgIpc) is 3.03. The monoisotopic (exact) mass is 689 g/mol. The van der Waals surface area contributed by atoms with E-state index < -0.39 is 28.5 Å². The molecule has 0 aliphatic rings. The fraction of sp³-hybridized carbons (Fsp3) is 0.278. The van der Waals surface area contributed by atoms with E-state index in [1.807, 2.05) is 88.4 Å². The lowest BCUT2D eigenvalue weighted by atomic mass is 10.0. The first kappa shape index (κ1) is 33.9. The van der Waals surface area contributed by atoms with Crippen LogP contribution in [0.25, 0.3) is 0 Å². The lowest BCUT2D eigenvalue weighted by Gasteiger charge is -2.34. The summed E-state index contributed by atoms with van der Waals surface area (Å²) in [4.78, 5) is 30.0. The van der Waals surface area contributed by atoms with Gasteiger partial charge in [0.1, 0.15) is 12.6 Å². The van der Waals surface area contributed by atoms with Crippen molar-refractivity contribution >= 4 is 43.5 Å². The molecule has 1 unspecified atom stereocenters. The van der Waals surface area contributed by atoms with Crippen molar-refractivity contribution in [2.45, 2.75) is 51.6 Å². The van der Waals surface area contributed by atoms with E-state index in [1.165, 1.54) is 17.0 Å². The minimum Gasteiger partial charge on any atom is -0.354 e. The highest BCUT2D eigenvalue weighted by Crippen LogP contribution is 2.27. The average molecular weight is 691 g/mol. The van der Waals surface area contributed by atoms with Gasteiger partial charge in [-0.3, -0.25) is 13.9 Å². The summed E-state index contributed by atoms with van der Waals surface area (Å²) >= 11 is 3.47. The molecule has 7 nitrogen and oxygen atoms in total. The van der Waals surface area contributed by atoms with E-state index in [0.29, 0.717) is 12.2 Å². The zero-order chi connectivity index (χ0) is 32.6. The number of carbonyl (C=O) groups is 2. The van der Waals surface area contributed by atoms with E-state index in [4.69, 9.17) is 0 Å². The van der Waals surface area contributed by atoms with Crippen molar-refractivity contribution in [1.29, 1.82) is 0 Å². The van der Waals surface area contributed by atoms with Gasteiger partial charge in [-0.25, -0.2) is 8.42 Å². The van der Waals surface area contributed by atoms with Gasteiger partial charge in [-0.1, -0.05) is 96.5 Å². The number of aryl methyl sites for hydroxylation is 2. The third-order valence-electron chi connectivity index (χ3n) is 7.61. The van der Waals surface area contributed by atoms with Crippen LogP contribution in [0, 0.1) is 19.8 Å². The Bertz CT molecular complexity index is 1700. The van der Waals surface area contributed by atoms with Gasteiger partial charge in [-0.15, -0.1) is 0 Å². The van der Waals surface area contributed by atoms with Gasteiger partial charge in [0.25, 0.3) is 10.0 Å². The van der Waals surface area contributed by atoms with Gasteiger partial charge in [0.15, 0.2) is 0 Å². The van der Waals surface area contributed by atoms with Gasteiger partial charge in [0.05, 0.1) is 10.6 Å². The number of anilines is 1. The number of carbonyl (C=O) groups excluding carboxylic acids is 2. The fourth-order valence-electron chi connectivity index (χ4n) is 4.89. The summed E-state index contributed by atoms with van der Waals surface area (Å²) in [5, 5.41) is 3.02. The maximum absolute atomic E-state index is 14.5. The largest absolute Gasteiger partial charge is 0.354 e. The van der Waals surface area contributed by atoms with Crippen molar-refractivity contribution in [3.63, 3.8) is 0 Å². The summed E-state index contributed by atoms with van der Waals surface area (Å²) in [5.74, 6) is -0.573. The first-order valence-corrected chi connectivity index (χ1v) is 17.2. The van der Waals surface area contributed by atoms with Crippen LogP contribution in [0.5, 0.6) is 0 Å². The Morgan fingerprint density at radius 2 is 1.42 bits per heavy atom. The molecular weight excluding hydrogens is 650 g/mol. The van der Waals surface area contributed by atoms with Crippen LogP contribution in [0.2, 0.25) is 0 Å². The normalized spacial score (nSPS) is 12.0. The van der Waals surface area contributed by atoms with E-state index in [1.54, 1.807) is 30.3 Å². The number of rotatable bonds is 13. The second-order valence-electron chi connectivity index (χ2n) is 11.6. The molecular formula is C36H40BrN3O4S. The number of hydrogen-bond acceptors (Lipinski definition) is 4. The van der Waals surface area contributed by atoms with Crippen LogP contribution < -0.4 is 9.62 Å². The van der Waals surface area contributed by atoms with Crippen molar-refractivity contribution in [2.75, 3.05) is 17.4 Å². The van der Waals surface area contributed by atoms with Gasteiger partial charge in [0, 0.05) is 24.0 Å². The SMILES string of the molecule is Cc1ccc(N(CC(=O)N(Cc2ccc(Br)cc2)C(Cc2ccccc2)C(=O)NCC(C)C)S(=O)(=O)c2ccccc2)cc1C. The Morgan fingerprint density at radius 3 is 2.02 bits per heavy atom. The number of halogens is 1. The summed E-state index contributed by atoms with van der Waals surface area (Å²) in [6.45, 7) is 7.94. The van der Waals surface area contributed by atoms with Gasteiger partial charge >= 0.3 is 0 Å². The molecule has 0 aromatic heterocycles. The van der Waals surface area contributed by atoms with Crippen molar-refractivity contribution in [3.05, 3.63) is 130 Å². The smallest absolute Gasteiger partial charge is 0.264 e. The molecule has 9 heteroatoms. The number of benzene rings is 4. The number of sulfonamides is 1. The summed E-state index contributed by atoms with van der Waals surface area (Å²) in [6, 6.07) is 29.6. The first-order valence-electron chi connectivity index (χ1n) is 15.0. The summed E-state index contributed by atoms with van der Waals surface area (Å²) in [6.07, 6.45) is 0.266. The third-order valence-corrected chi connectivity index (χ3v) is 9.93. The molecule has 4 rings (SSSR count). The molecule has 0 aliphatic heterocycles. The molecule has 0 radical (unpaired) electrons. The Balaban J connectivity index is 1.80. The highest BCUT2D eigenvalue weighted by Gasteiger charge is 2.34. The number of nitrogens with zero attached hydrogens (tertiary/aromatic N) is 2. The maximum atomic E-state index is 14.5. The molecule has 4 aromatic carbocycles. The molecule has 0 fully saturated rings. The van der Waals surface area contributed by atoms with Crippen molar-refractivity contribution in [3.8, 4) is 0 Å². The molecule has 236 valence electrons. The summed E-state index contributed by atoms with van der Waals surface area (Å²) < 4.78 is 30.3. The number of hydrogen-bond donors (Lipinski definition) is 1. The van der Waals surface area contributed by atoms with Gasteiger partial charge in [-0.05, 0) is 78.4 Å². The highest BCUT2D eigenvalue weighted by molar-refractivity contribution is 9.10. The third kappa shape index (κ3) is 9.05. The second-order valence-corrected chi connectivity index (χ2v) is 14.4. The molecule has 0 heterocycles. The van der Waals surface area contributed by atoms with Crippen LogP contribution in [0.1, 0.15) is 36.1 Å². The quantitative estimate of drug-likeness (QED) is 0.170. The molecule has 1 atom stereocenters. The molecule has 0 spiro atoms. The predicted molar refractivity (Wildman–Crippen MR) is 183 cm³/mol. The van der Waals surface area contributed by atoms with Crippen LogP contribution >= 0.6 is 15.9 Å². The number of nitrogens with one attached hydrogen (secondary N) is 1. The minimum absolute atomic E-state index is 0.0750. The van der Waals surface area contributed by atoms with E-state index in [0.717, 1.165) is 31.0 Å². The predicted octanol–water partition coefficient (Wildman–Crippen LogP) is 6.67. The molecule has 4 aromatic rings. The maximum Gasteiger partial charge on any atom is 0.264 e. The topological polar surface area (TPSA) is 86.8 Å². The fourth-order valence-corrected chi connectivity index (χ4v) is 6.58. The zero-order valence-corrected chi connectivity index (χ0v) is 28.5. The Kier molecular flexibility index (Phi) is 11.6. The van der Waals surface area contributed by atoms with Crippen LogP contribution in [0.15, 0.2) is 112 Å². The zero-order valence-electron chi connectivity index (χ0n) is 26.1. The van der Waals surface area contributed by atoms with Crippen LogP contribution in [-0.4, -0.2) is 44.3 Å². The highest BCUT2D eigenvalue weighted by atomic mass is 79.9. The van der Waals surface area contributed by atoms with Crippen molar-refractivity contribution in [1.82, 2.24) is 10.2 Å². The summed E-state index contributed by atoms with van der Waals surface area (Å²) in [7, 11) is -4.14. The minimum atomic E-state index is -4.14. The molecule has 45 heavy (non-hydrogen) atoms. The Morgan fingerprint density at radius 1 is 0.800 bits per heavy atom. The van der Waals surface area contributed by atoms with E-state index >= 15 is 0 Å². The van der Waals surface area contributed by atoms with E-state index in [-0.39, 0.29) is 29.7 Å². The van der Waals surface area contributed by atoms with E-state index in [9.17, 15) is 18.0 Å². The van der Waals surface area contributed by atoms with Gasteiger partial charge in [0.2, 0.25) is 11.8 Å².